The zero-order valence-electron chi connectivity index (χ0n) is 8.61. The smallest absolute Gasteiger partial charge is 0.222 e. The molecular weight excluding hydrogens is 190 g/mol. The first-order valence-corrected chi connectivity index (χ1v) is 4.68. The number of aromatic nitrogens is 2. The standard InChI is InChI=1S/C11H11N3O/c1-7-11(13-8(2)15)14-10-6-4-3-5-9(10)12-7/h3-6H,1-2H3,(H,13,14,15). The Balaban J connectivity index is 2.56. The van der Waals surface area contributed by atoms with Crippen molar-refractivity contribution in [2.45, 2.75) is 13.8 Å². The molecule has 0 saturated heterocycles. The van der Waals surface area contributed by atoms with Crippen molar-refractivity contribution in [2.24, 2.45) is 0 Å². The van der Waals surface area contributed by atoms with Gasteiger partial charge in [-0.1, -0.05) is 12.1 Å². The summed E-state index contributed by atoms with van der Waals surface area (Å²) in [5, 5.41) is 2.65. The van der Waals surface area contributed by atoms with Crippen LogP contribution in [0.2, 0.25) is 0 Å². The average molecular weight is 201 g/mol. The second-order valence-electron chi connectivity index (χ2n) is 3.33. The Morgan fingerprint density at radius 3 is 2.40 bits per heavy atom. The fourth-order valence-electron chi connectivity index (χ4n) is 1.37. The van der Waals surface area contributed by atoms with E-state index in [1.807, 2.05) is 31.2 Å². The number of carbonyl (C=O) groups excluding carboxylic acids is 1. The summed E-state index contributed by atoms with van der Waals surface area (Å²) >= 11 is 0. The van der Waals surface area contributed by atoms with E-state index in [0.29, 0.717) is 5.82 Å². The fraction of sp³-hybridized carbons (Fsp3) is 0.182. The molecule has 76 valence electrons. The molecule has 0 aliphatic heterocycles. The molecule has 1 amide bonds. The van der Waals surface area contributed by atoms with Crippen molar-refractivity contribution in [3.05, 3.63) is 30.0 Å². The van der Waals surface area contributed by atoms with E-state index in [4.69, 9.17) is 0 Å². The first-order valence-electron chi connectivity index (χ1n) is 4.68. The van der Waals surface area contributed by atoms with Crippen molar-refractivity contribution in [3.8, 4) is 0 Å². The molecule has 0 fully saturated rings. The van der Waals surface area contributed by atoms with Gasteiger partial charge in [-0.2, -0.15) is 0 Å². The Morgan fingerprint density at radius 1 is 1.20 bits per heavy atom. The molecule has 1 aromatic carbocycles. The van der Waals surface area contributed by atoms with Crippen molar-refractivity contribution in [2.75, 3.05) is 5.32 Å². The highest BCUT2D eigenvalue weighted by molar-refractivity contribution is 5.89. The van der Waals surface area contributed by atoms with Gasteiger partial charge in [0, 0.05) is 6.92 Å². The van der Waals surface area contributed by atoms with Crippen LogP contribution >= 0.6 is 0 Å². The number of hydrogen-bond acceptors (Lipinski definition) is 3. The average Bonchev–Trinajstić information content (AvgIpc) is 2.18. The van der Waals surface area contributed by atoms with Crippen molar-refractivity contribution >= 4 is 22.8 Å². The largest absolute Gasteiger partial charge is 0.309 e. The summed E-state index contributed by atoms with van der Waals surface area (Å²) in [6.45, 7) is 3.28. The van der Waals surface area contributed by atoms with Gasteiger partial charge >= 0.3 is 0 Å². The van der Waals surface area contributed by atoms with E-state index in [0.717, 1.165) is 16.7 Å². The first-order chi connectivity index (χ1) is 7.16. The zero-order chi connectivity index (χ0) is 10.8. The number of hydrogen-bond donors (Lipinski definition) is 1. The lowest BCUT2D eigenvalue weighted by atomic mass is 10.3. The van der Waals surface area contributed by atoms with Crippen LogP contribution in [0.15, 0.2) is 24.3 Å². The van der Waals surface area contributed by atoms with Crippen LogP contribution in [-0.4, -0.2) is 15.9 Å². The summed E-state index contributed by atoms with van der Waals surface area (Å²) < 4.78 is 0. The Bertz CT molecular complexity index is 522. The maximum Gasteiger partial charge on any atom is 0.222 e. The van der Waals surface area contributed by atoms with Gasteiger partial charge in [0.15, 0.2) is 5.82 Å². The van der Waals surface area contributed by atoms with E-state index in [9.17, 15) is 4.79 Å². The molecule has 0 radical (unpaired) electrons. The van der Waals surface area contributed by atoms with Crippen LogP contribution in [-0.2, 0) is 4.79 Å². The Kier molecular flexibility index (Phi) is 2.33. The molecule has 0 bridgehead atoms. The van der Waals surface area contributed by atoms with E-state index in [1.165, 1.54) is 6.92 Å². The second-order valence-corrected chi connectivity index (χ2v) is 3.33. The summed E-state index contributed by atoms with van der Waals surface area (Å²) in [6, 6.07) is 7.57. The van der Waals surface area contributed by atoms with Gasteiger partial charge in [-0.25, -0.2) is 9.97 Å². The molecule has 15 heavy (non-hydrogen) atoms. The van der Waals surface area contributed by atoms with Gasteiger partial charge in [0.2, 0.25) is 5.91 Å². The molecule has 1 N–H and O–H groups in total. The summed E-state index contributed by atoms with van der Waals surface area (Å²) in [5.41, 5.74) is 2.35. The van der Waals surface area contributed by atoms with Crippen LogP contribution in [0.5, 0.6) is 0 Å². The van der Waals surface area contributed by atoms with Gasteiger partial charge in [-0.05, 0) is 19.1 Å². The van der Waals surface area contributed by atoms with Crippen LogP contribution in [0, 0.1) is 6.92 Å². The minimum absolute atomic E-state index is 0.136. The SMILES string of the molecule is CC(=O)Nc1nc2ccccc2nc1C. The normalized spacial score (nSPS) is 10.3. The fourth-order valence-corrected chi connectivity index (χ4v) is 1.37. The number of aryl methyl sites for hydroxylation is 1. The Hall–Kier alpha value is -1.97. The number of nitrogens with one attached hydrogen (secondary N) is 1. The van der Waals surface area contributed by atoms with E-state index in [2.05, 4.69) is 15.3 Å². The third-order valence-corrected chi connectivity index (χ3v) is 2.04. The monoisotopic (exact) mass is 201 g/mol. The lowest BCUT2D eigenvalue weighted by molar-refractivity contribution is -0.114. The molecule has 0 atom stereocenters. The molecule has 1 aromatic heterocycles. The summed E-state index contributed by atoms with van der Waals surface area (Å²) in [4.78, 5) is 19.6. The number of anilines is 1. The highest BCUT2D eigenvalue weighted by Crippen LogP contribution is 2.15. The van der Waals surface area contributed by atoms with Crippen LogP contribution < -0.4 is 5.32 Å². The molecular formula is C11H11N3O. The lowest BCUT2D eigenvalue weighted by Crippen LogP contribution is -2.09. The molecule has 0 unspecified atom stereocenters. The zero-order valence-corrected chi connectivity index (χ0v) is 8.61. The third-order valence-electron chi connectivity index (χ3n) is 2.04. The Labute approximate surface area is 87.4 Å². The molecule has 4 nitrogen and oxygen atoms in total. The minimum Gasteiger partial charge on any atom is -0.309 e. The number of amides is 1. The number of carbonyl (C=O) groups is 1. The second kappa shape index (κ2) is 3.65. The third kappa shape index (κ3) is 1.93. The highest BCUT2D eigenvalue weighted by Gasteiger charge is 2.05. The number of benzene rings is 1. The van der Waals surface area contributed by atoms with Gasteiger partial charge in [0.05, 0.1) is 16.7 Å². The summed E-state index contributed by atoms with van der Waals surface area (Å²) in [5.74, 6) is 0.392. The van der Waals surface area contributed by atoms with E-state index >= 15 is 0 Å². The molecule has 0 spiro atoms. The molecule has 0 saturated carbocycles. The van der Waals surface area contributed by atoms with Gasteiger partial charge in [-0.3, -0.25) is 4.79 Å². The van der Waals surface area contributed by atoms with E-state index in [-0.39, 0.29) is 5.91 Å². The molecule has 2 aromatic rings. The van der Waals surface area contributed by atoms with Gasteiger partial charge < -0.3 is 5.32 Å². The molecule has 1 heterocycles. The topological polar surface area (TPSA) is 54.9 Å². The number of rotatable bonds is 1. The molecule has 0 aliphatic rings. The predicted molar refractivity (Wildman–Crippen MR) is 58.6 cm³/mol. The maximum atomic E-state index is 10.9. The number of nitrogens with zero attached hydrogens (tertiary/aromatic N) is 2. The van der Waals surface area contributed by atoms with E-state index < -0.39 is 0 Å². The van der Waals surface area contributed by atoms with Crippen molar-refractivity contribution in [1.82, 2.24) is 9.97 Å². The Morgan fingerprint density at radius 2 is 1.80 bits per heavy atom. The summed E-state index contributed by atoms with van der Waals surface area (Å²) in [7, 11) is 0. The first kappa shape index (κ1) is 9.58. The number of fused-ring (bicyclic) bond motifs is 1. The van der Waals surface area contributed by atoms with Crippen LogP contribution in [0.1, 0.15) is 12.6 Å². The van der Waals surface area contributed by atoms with Gasteiger partial charge in [-0.15, -0.1) is 0 Å². The molecule has 4 heteroatoms. The van der Waals surface area contributed by atoms with Gasteiger partial charge in [0.25, 0.3) is 0 Å². The predicted octanol–water partition coefficient (Wildman–Crippen LogP) is 1.90. The van der Waals surface area contributed by atoms with Crippen molar-refractivity contribution in [3.63, 3.8) is 0 Å². The quantitative estimate of drug-likeness (QED) is 0.766. The highest BCUT2D eigenvalue weighted by atomic mass is 16.1. The van der Waals surface area contributed by atoms with Crippen LogP contribution in [0.4, 0.5) is 5.82 Å². The van der Waals surface area contributed by atoms with Crippen LogP contribution in [0.25, 0.3) is 11.0 Å². The van der Waals surface area contributed by atoms with E-state index in [1.54, 1.807) is 0 Å². The lowest BCUT2D eigenvalue weighted by Gasteiger charge is -2.05. The van der Waals surface area contributed by atoms with Crippen molar-refractivity contribution in [1.29, 1.82) is 0 Å². The van der Waals surface area contributed by atoms with Gasteiger partial charge in [0.1, 0.15) is 0 Å². The maximum absolute atomic E-state index is 10.9. The molecule has 2 rings (SSSR count). The van der Waals surface area contributed by atoms with Crippen LogP contribution in [0.3, 0.4) is 0 Å². The van der Waals surface area contributed by atoms with Crippen molar-refractivity contribution < 1.29 is 4.79 Å². The minimum atomic E-state index is -0.136. The molecule has 0 aliphatic carbocycles. The summed E-state index contributed by atoms with van der Waals surface area (Å²) in [6.07, 6.45) is 0. The number of para-hydroxylation sites is 2.